The first kappa shape index (κ1) is 12.9. The zero-order valence-electron chi connectivity index (χ0n) is 11.4. The number of nitrogens with zero attached hydrogens (tertiary/aromatic N) is 3. The second-order valence-electron chi connectivity index (χ2n) is 4.67. The molecule has 0 saturated heterocycles. The van der Waals surface area contributed by atoms with E-state index in [0.29, 0.717) is 0 Å². The standard InChI is InChI=1S/C15H16N4S/c1-11-4-6-14(20-11)12(2)18-13-5-7-15(16-10-13)19-9-3-8-17-19/h3-10,12,18H,1-2H3. The largest absolute Gasteiger partial charge is 0.376 e. The minimum absolute atomic E-state index is 0.283. The van der Waals surface area contributed by atoms with E-state index in [-0.39, 0.29) is 6.04 Å². The Hall–Kier alpha value is -2.14. The first-order chi connectivity index (χ1) is 9.72. The molecule has 0 radical (unpaired) electrons. The highest BCUT2D eigenvalue weighted by Crippen LogP contribution is 2.25. The van der Waals surface area contributed by atoms with E-state index in [1.54, 1.807) is 10.9 Å². The van der Waals surface area contributed by atoms with Crippen LogP contribution in [0.4, 0.5) is 5.69 Å². The molecular weight excluding hydrogens is 268 g/mol. The average Bonchev–Trinajstić information content (AvgIpc) is 3.10. The first-order valence-electron chi connectivity index (χ1n) is 6.51. The Bertz CT molecular complexity index is 670. The fourth-order valence-electron chi connectivity index (χ4n) is 2.02. The second-order valence-corrected chi connectivity index (χ2v) is 5.99. The van der Waals surface area contributed by atoms with Crippen LogP contribution in [0.5, 0.6) is 0 Å². The van der Waals surface area contributed by atoms with Crippen molar-refractivity contribution in [3.8, 4) is 5.82 Å². The summed E-state index contributed by atoms with van der Waals surface area (Å²) in [6, 6.07) is 10.5. The van der Waals surface area contributed by atoms with Crippen molar-refractivity contribution >= 4 is 17.0 Å². The smallest absolute Gasteiger partial charge is 0.153 e. The molecule has 1 atom stereocenters. The minimum Gasteiger partial charge on any atom is -0.376 e. The molecule has 3 aromatic heterocycles. The number of hydrogen-bond acceptors (Lipinski definition) is 4. The van der Waals surface area contributed by atoms with Gasteiger partial charge < -0.3 is 5.32 Å². The fraction of sp³-hybridized carbons (Fsp3) is 0.200. The number of nitrogens with one attached hydrogen (secondary N) is 1. The normalized spacial score (nSPS) is 12.3. The Kier molecular flexibility index (Phi) is 3.52. The van der Waals surface area contributed by atoms with Crippen LogP contribution in [0, 0.1) is 6.92 Å². The lowest BCUT2D eigenvalue weighted by Crippen LogP contribution is -2.06. The maximum atomic E-state index is 4.41. The number of thiophene rings is 1. The molecule has 3 rings (SSSR count). The first-order valence-corrected chi connectivity index (χ1v) is 7.33. The number of aryl methyl sites for hydroxylation is 1. The third-order valence-electron chi connectivity index (χ3n) is 3.06. The predicted molar refractivity (Wildman–Crippen MR) is 82.5 cm³/mol. The third kappa shape index (κ3) is 2.72. The van der Waals surface area contributed by atoms with Gasteiger partial charge in [-0.1, -0.05) is 0 Å². The zero-order valence-corrected chi connectivity index (χ0v) is 12.3. The van der Waals surface area contributed by atoms with Gasteiger partial charge >= 0.3 is 0 Å². The summed E-state index contributed by atoms with van der Waals surface area (Å²) >= 11 is 1.82. The molecule has 0 aliphatic rings. The molecule has 0 aliphatic carbocycles. The summed E-state index contributed by atoms with van der Waals surface area (Å²) < 4.78 is 1.75. The molecule has 0 saturated carbocycles. The van der Waals surface area contributed by atoms with Gasteiger partial charge in [-0.05, 0) is 44.2 Å². The average molecular weight is 284 g/mol. The minimum atomic E-state index is 0.283. The van der Waals surface area contributed by atoms with Crippen LogP contribution < -0.4 is 5.32 Å². The van der Waals surface area contributed by atoms with E-state index in [4.69, 9.17) is 0 Å². The lowest BCUT2D eigenvalue weighted by molar-refractivity contribution is 0.844. The highest BCUT2D eigenvalue weighted by Gasteiger charge is 2.08. The third-order valence-corrected chi connectivity index (χ3v) is 4.24. The van der Waals surface area contributed by atoms with E-state index in [2.05, 4.69) is 41.4 Å². The number of anilines is 1. The van der Waals surface area contributed by atoms with Crippen LogP contribution in [0.15, 0.2) is 48.9 Å². The lowest BCUT2D eigenvalue weighted by atomic mass is 10.2. The number of pyridine rings is 1. The lowest BCUT2D eigenvalue weighted by Gasteiger charge is -2.13. The molecule has 4 nitrogen and oxygen atoms in total. The van der Waals surface area contributed by atoms with E-state index in [1.807, 2.05) is 41.9 Å². The highest BCUT2D eigenvalue weighted by atomic mass is 32.1. The molecule has 5 heteroatoms. The van der Waals surface area contributed by atoms with Gasteiger partial charge in [0.05, 0.1) is 17.9 Å². The Morgan fingerprint density at radius 3 is 2.75 bits per heavy atom. The van der Waals surface area contributed by atoms with Gasteiger partial charge in [0, 0.05) is 22.1 Å². The van der Waals surface area contributed by atoms with Gasteiger partial charge in [0.2, 0.25) is 0 Å². The van der Waals surface area contributed by atoms with Crippen LogP contribution in [0.2, 0.25) is 0 Å². The van der Waals surface area contributed by atoms with Crippen molar-refractivity contribution in [2.75, 3.05) is 5.32 Å². The molecule has 20 heavy (non-hydrogen) atoms. The van der Waals surface area contributed by atoms with E-state index >= 15 is 0 Å². The van der Waals surface area contributed by atoms with Gasteiger partial charge in [0.1, 0.15) is 0 Å². The maximum absolute atomic E-state index is 4.41. The summed E-state index contributed by atoms with van der Waals surface area (Å²) in [6.45, 7) is 4.29. The quantitative estimate of drug-likeness (QED) is 0.792. The Labute approximate surface area is 122 Å². The van der Waals surface area contributed by atoms with Crippen molar-refractivity contribution in [1.82, 2.24) is 14.8 Å². The van der Waals surface area contributed by atoms with E-state index in [9.17, 15) is 0 Å². The highest BCUT2D eigenvalue weighted by molar-refractivity contribution is 7.12. The summed E-state index contributed by atoms with van der Waals surface area (Å²) in [5.41, 5.74) is 1.01. The van der Waals surface area contributed by atoms with E-state index in [1.165, 1.54) is 9.75 Å². The van der Waals surface area contributed by atoms with Crippen LogP contribution in [-0.2, 0) is 0 Å². The van der Waals surface area contributed by atoms with Gasteiger partial charge in [-0.15, -0.1) is 11.3 Å². The zero-order chi connectivity index (χ0) is 13.9. The molecular formula is C15H16N4S. The fourth-order valence-corrected chi connectivity index (χ4v) is 2.90. The topological polar surface area (TPSA) is 42.7 Å². The number of hydrogen-bond donors (Lipinski definition) is 1. The van der Waals surface area contributed by atoms with Gasteiger partial charge in [-0.25, -0.2) is 9.67 Å². The van der Waals surface area contributed by atoms with Gasteiger partial charge in [0.15, 0.2) is 5.82 Å². The van der Waals surface area contributed by atoms with Crippen molar-refractivity contribution in [3.63, 3.8) is 0 Å². The van der Waals surface area contributed by atoms with Crippen LogP contribution in [0.25, 0.3) is 5.82 Å². The SMILES string of the molecule is Cc1ccc(C(C)Nc2ccc(-n3cccn3)nc2)s1. The van der Waals surface area contributed by atoms with E-state index in [0.717, 1.165) is 11.5 Å². The van der Waals surface area contributed by atoms with Gasteiger partial charge in [0.25, 0.3) is 0 Å². The summed E-state index contributed by atoms with van der Waals surface area (Å²) in [6.07, 6.45) is 5.47. The summed E-state index contributed by atoms with van der Waals surface area (Å²) in [5.74, 6) is 0.820. The molecule has 0 spiro atoms. The van der Waals surface area contributed by atoms with Gasteiger partial charge in [-0.2, -0.15) is 5.10 Å². The Balaban J connectivity index is 1.72. The van der Waals surface area contributed by atoms with Crippen molar-refractivity contribution in [2.45, 2.75) is 19.9 Å². The Morgan fingerprint density at radius 1 is 1.25 bits per heavy atom. The molecule has 0 aromatic carbocycles. The van der Waals surface area contributed by atoms with Crippen molar-refractivity contribution in [3.05, 3.63) is 58.7 Å². The molecule has 102 valence electrons. The second kappa shape index (κ2) is 5.46. The number of rotatable bonds is 4. The molecule has 0 amide bonds. The summed E-state index contributed by atoms with van der Waals surface area (Å²) in [7, 11) is 0. The summed E-state index contributed by atoms with van der Waals surface area (Å²) in [4.78, 5) is 7.08. The van der Waals surface area contributed by atoms with E-state index < -0.39 is 0 Å². The molecule has 0 fully saturated rings. The molecule has 0 aliphatic heterocycles. The molecule has 0 bridgehead atoms. The maximum Gasteiger partial charge on any atom is 0.153 e. The molecule has 1 unspecified atom stereocenters. The van der Waals surface area contributed by atoms with Crippen LogP contribution in [-0.4, -0.2) is 14.8 Å². The summed E-state index contributed by atoms with van der Waals surface area (Å²) in [5, 5.41) is 7.63. The van der Waals surface area contributed by atoms with Crippen molar-refractivity contribution in [2.24, 2.45) is 0 Å². The van der Waals surface area contributed by atoms with Crippen LogP contribution in [0.3, 0.4) is 0 Å². The van der Waals surface area contributed by atoms with Crippen molar-refractivity contribution in [1.29, 1.82) is 0 Å². The van der Waals surface area contributed by atoms with Crippen molar-refractivity contribution < 1.29 is 0 Å². The molecule has 3 aromatic rings. The molecule has 1 N–H and O–H groups in total. The van der Waals surface area contributed by atoms with Crippen LogP contribution >= 0.6 is 11.3 Å². The van der Waals surface area contributed by atoms with Gasteiger partial charge in [-0.3, -0.25) is 0 Å². The number of aromatic nitrogens is 3. The predicted octanol–water partition coefficient (Wildman–Crippen LogP) is 3.81. The monoisotopic (exact) mass is 284 g/mol. The van der Waals surface area contributed by atoms with Crippen LogP contribution in [0.1, 0.15) is 22.7 Å². The molecule has 3 heterocycles. The Morgan fingerprint density at radius 2 is 2.15 bits per heavy atom.